The van der Waals surface area contributed by atoms with Crippen LogP contribution in [-0.2, 0) is 0 Å². The van der Waals surface area contributed by atoms with Crippen LogP contribution in [0.3, 0.4) is 0 Å². The molecule has 3 aromatic rings. The van der Waals surface area contributed by atoms with Gasteiger partial charge in [-0.3, -0.25) is 9.89 Å². The molecule has 0 radical (unpaired) electrons. The number of hydrogen-bond donors (Lipinski definition) is 2. The standard InChI is InChI=1S/C24H25FN4O/c1-7-20-24(3,4)28-19-13-17(25)21(16-9-8-10-18-15(16)11-12-27-18)23(30-6)22(19)29(20)14(2)26-5/h8-13,27-28H,1H2,2-6H3. The number of aliphatic imine (C=N–C) groups is 1. The Morgan fingerprint density at radius 1 is 1.30 bits per heavy atom. The highest BCUT2D eigenvalue weighted by Gasteiger charge is 2.40. The summed E-state index contributed by atoms with van der Waals surface area (Å²) < 4.78 is 21.4. The van der Waals surface area contributed by atoms with E-state index in [9.17, 15) is 0 Å². The summed E-state index contributed by atoms with van der Waals surface area (Å²) in [7, 11) is 3.28. The Morgan fingerprint density at radius 3 is 2.73 bits per heavy atom. The van der Waals surface area contributed by atoms with Crippen molar-refractivity contribution < 1.29 is 9.13 Å². The van der Waals surface area contributed by atoms with E-state index in [1.165, 1.54) is 6.07 Å². The minimum Gasteiger partial charge on any atom is -0.494 e. The van der Waals surface area contributed by atoms with Crippen LogP contribution in [0.5, 0.6) is 5.75 Å². The summed E-state index contributed by atoms with van der Waals surface area (Å²) in [6.45, 7) is 9.79. The van der Waals surface area contributed by atoms with Crippen LogP contribution in [0.2, 0.25) is 0 Å². The molecule has 0 fully saturated rings. The third-order valence-electron chi connectivity index (χ3n) is 5.58. The average molecular weight is 404 g/mol. The Kier molecular flexibility index (Phi) is 4.67. The number of halogens is 1. The maximum atomic E-state index is 15.6. The molecule has 0 atom stereocenters. The molecule has 154 valence electrons. The zero-order valence-corrected chi connectivity index (χ0v) is 17.9. The zero-order chi connectivity index (χ0) is 21.6. The molecule has 0 saturated heterocycles. The fourth-order valence-electron chi connectivity index (χ4n) is 4.20. The molecule has 0 unspecified atom stereocenters. The van der Waals surface area contributed by atoms with Crippen LogP contribution in [-0.4, -0.2) is 30.5 Å². The lowest BCUT2D eigenvalue weighted by molar-refractivity contribution is 0.413. The topological polar surface area (TPSA) is 52.7 Å². The molecule has 1 aliphatic rings. The van der Waals surface area contributed by atoms with Gasteiger partial charge >= 0.3 is 0 Å². The lowest BCUT2D eigenvalue weighted by Crippen LogP contribution is -2.48. The van der Waals surface area contributed by atoms with Gasteiger partial charge < -0.3 is 15.0 Å². The number of H-pyrrole nitrogens is 1. The molecular formula is C24H25FN4O. The Hall–Kier alpha value is -3.50. The molecule has 2 N–H and O–H groups in total. The Labute approximate surface area is 175 Å². The summed E-state index contributed by atoms with van der Waals surface area (Å²) >= 11 is 0. The maximum Gasteiger partial charge on any atom is 0.155 e. The van der Waals surface area contributed by atoms with Crippen LogP contribution >= 0.6 is 0 Å². The summed E-state index contributed by atoms with van der Waals surface area (Å²) in [5.74, 6) is 0.796. The van der Waals surface area contributed by atoms with Gasteiger partial charge in [-0.15, -0.1) is 5.73 Å². The van der Waals surface area contributed by atoms with Crippen LogP contribution < -0.4 is 15.0 Å². The Morgan fingerprint density at radius 2 is 2.07 bits per heavy atom. The summed E-state index contributed by atoms with van der Waals surface area (Å²) in [5, 5.41) is 4.33. The van der Waals surface area contributed by atoms with Crippen LogP contribution in [0.25, 0.3) is 22.0 Å². The summed E-state index contributed by atoms with van der Waals surface area (Å²) in [5.41, 5.74) is 6.71. The molecular weight excluding hydrogens is 379 g/mol. The van der Waals surface area contributed by atoms with Crippen molar-refractivity contribution in [2.24, 2.45) is 4.99 Å². The lowest BCUT2D eigenvalue weighted by atomic mass is 9.91. The van der Waals surface area contributed by atoms with Crippen molar-refractivity contribution >= 4 is 28.1 Å². The van der Waals surface area contributed by atoms with Crippen molar-refractivity contribution in [3.63, 3.8) is 0 Å². The number of methoxy groups -OCH3 is 1. The number of ether oxygens (including phenoxy) is 1. The summed E-state index contributed by atoms with van der Waals surface area (Å²) in [6.07, 6.45) is 1.85. The van der Waals surface area contributed by atoms with Crippen molar-refractivity contribution in [1.82, 2.24) is 4.98 Å². The van der Waals surface area contributed by atoms with Crippen molar-refractivity contribution in [2.45, 2.75) is 26.3 Å². The molecule has 1 aliphatic heterocycles. The fraction of sp³-hybridized carbons (Fsp3) is 0.250. The second kappa shape index (κ2) is 7.08. The minimum atomic E-state index is -0.527. The third kappa shape index (κ3) is 2.80. The molecule has 0 aliphatic carbocycles. The SMILES string of the molecule is C=C=C1N(C(C)=NC)c2c(cc(F)c(-c3cccc4[nH]ccc34)c2OC)NC1(C)C. The first-order chi connectivity index (χ1) is 14.3. The van der Waals surface area contributed by atoms with Gasteiger partial charge in [0.2, 0.25) is 0 Å². The monoisotopic (exact) mass is 404 g/mol. The minimum absolute atomic E-state index is 0.361. The predicted molar refractivity (Wildman–Crippen MR) is 122 cm³/mol. The average Bonchev–Trinajstić information content (AvgIpc) is 3.19. The van der Waals surface area contributed by atoms with Crippen LogP contribution in [0.4, 0.5) is 15.8 Å². The number of anilines is 2. The zero-order valence-electron chi connectivity index (χ0n) is 17.9. The number of nitrogens with zero attached hydrogens (tertiary/aromatic N) is 2. The van der Waals surface area contributed by atoms with E-state index in [2.05, 4.69) is 27.6 Å². The van der Waals surface area contributed by atoms with E-state index >= 15 is 4.39 Å². The van der Waals surface area contributed by atoms with Gasteiger partial charge in [-0.25, -0.2) is 4.39 Å². The molecule has 0 spiro atoms. The van der Waals surface area contributed by atoms with Gasteiger partial charge in [0.15, 0.2) is 5.75 Å². The highest BCUT2D eigenvalue weighted by molar-refractivity contribution is 6.08. The van der Waals surface area contributed by atoms with E-state index in [0.29, 0.717) is 22.7 Å². The molecule has 0 saturated carbocycles. The molecule has 6 heteroatoms. The van der Waals surface area contributed by atoms with Gasteiger partial charge in [0.25, 0.3) is 0 Å². The number of nitrogens with one attached hydrogen (secondary N) is 2. The first kappa shape index (κ1) is 19.8. The van der Waals surface area contributed by atoms with Crippen molar-refractivity contribution in [1.29, 1.82) is 0 Å². The van der Waals surface area contributed by atoms with Crippen LogP contribution in [0, 0.1) is 5.82 Å². The van der Waals surface area contributed by atoms with Crippen molar-refractivity contribution in [3.05, 3.63) is 60.4 Å². The molecule has 0 amide bonds. The molecule has 5 nitrogen and oxygen atoms in total. The van der Waals surface area contributed by atoms with Crippen LogP contribution in [0.1, 0.15) is 20.8 Å². The number of hydrogen-bond acceptors (Lipinski definition) is 3. The number of rotatable bonds is 2. The number of fused-ring (bicyclic) bond motifs is 2. The van der Waals surface area contributed by atoms with Gasteiger partial charge in [0.05, 0.1) is 29.6 Å². The normalized spacial score (nSPS) is 15.6. The molecule has 2 aromatic carbocycles. The Balaban J connectivity index is 2.12. The second-order valence-electron chi connectivity index (χ2n) is 7.79. The van der Waals surface area contributed by atoms with E-state index < -0.39 is 5.54 Å². The van der Waals surface area contributed by atoms with Crippen molar-refractivity contribution in [2.75, 3.05) is 24.4 Å². The first-order valence-corrected chi connectivity index (χ1v) is 9.73. The molecule has 1 aromatic heterocycles. The number of aromatic nitrogens is 1. The van der Waals surface area contributed by atoms with E-state index in [1.54, 1.807) is 14.2 Å². The van der Waals surface area contributed by atoms with Gasteiger partial charge in [-0.05, 0) is 38.5 Å². The van der Waals surface area contributed by atoms with Gasteiger partial charge in [0.1, 0.15) is 17.3 Å². The smallest absolute Gasteiger partial charge is 0.155 e. The van der Waals surface area contributed by atoms with Gasteiger partial charge in [-0.1, -0.05) is 18.7 Å². The van der Waals surface area contributed by atoms with Gasteiger partial charge in [-0.2, -0.15) is 0 Å². The van der Waals surface area contributed by atoms with E-state index in [4.69, 9.17) is 4.74 Å². The summed E-state index contributed by atoms with van der Waals surface area (Å²) in [4.78, 5) is 9.52. The third-order valence-corrected chi connectivity index (χ3v) is 5.58. The summed E-state index contributed by atoms with van der Waals surface area (Å²) in [6, 6.07) is 9.23. The largest absolute Gasteiger partial charge is 0.494 e. The number of amidine groups is 1. The lowest BCUT2D eigenvalue weighted by Gasteiger charge is -2.43. The van der Waals surface area contributed by atoms with Crippen molar-refractivity contribution in [3.8, 4) is 16.9 Å². The fourth-order valence-corrected chi connectivity index (χ4v) is 4.20. The molecule has 0 bridgehead atoms. The highest BCUT2D eigenvalue weighted by atomic mass is 19.1. The Bertz CT molecular complexity index is 1230. The number of aromatic amines is 1. The molecule has 30 heavy (non-hydrogen) atoms. The van der Waals surface area contributed by atoms with E-state index in [1.807, 2.05) is 56.1 Å². The highest BCUT2D eigenvalue weighted by Crippen LogP contribution is 2.51. The quantitative estimate of drug-likeness (QED) is 0.327. The molecule has 2 heterocycles. The second-order valence-corrected chi connectivity index (χ2v) is 7.79. The van der Waals surface area contributed by atoms with Gasteiger partial charge in [0, 0.05) is 30.2 Å². The van der Waals surface area contributed by atoms with E-state index in [-0.39, 0.29) is 5.82 Å². The maximum absolute atomic E-state index is 15.6. The molecule has 4 rings (SSSR count). The van der Waals surface area contributed by atoms with Crippen LogP contribution in [0.15, 0.2) is 59.5 Å². The number of benzene rings is 2. The van der Waals surface area contributed by atoms with E-state index in [0.717, 1.165) is 28.0 Å². The predicted octanol–water partition coefficient (Wildman–Crippen LogP) is 5.71. The first-order valence-electron chi connectivity index (χ1n) is 9.73.